The highest BCUT2D eigenvalue weighted by molar-refractivity contribution is 5.79. The Bertz CT molecular complexity index is 379. The molecule has 5 nitrogen and oxygen atoms in total. The van der Waals surface area contributed by atoms with E-state index in [1.54, 1.807) is 18.2 Å². The Hall–Kier alpha value is -1.91. The standard InChI is InChI=1S/C11H16N2O3/c1-3-9(11(13)14)16-7-4-5-8(12)10(6-7)15-2/h4-6,9H,3,12H2,1-2H3,(H2,13,14). The Labute approximate surface area is 94.3 Å². The van der Waals surface area contributed by atoms with Gasteiger partial charge in [-0.1, -0.05) is 6.92 Å². The van der Waals surface area contributed by atoms with Gasteiger partial charge in [0, 0.05) is 6.07 Å². The van der Waals surface area contributed by atoms with E-state index in [1.165, 1.54) is 7.11 Å². The van der Waals surface area contributed by atoms with E-state index in [-0.39, 0.29) is 0 Å². The van der Waals surface area contributed by atoms with Gasteiger partial charge in [0.2, 0.25) is 0 Å². The van der Waals surface area contributed by atoms with Crippen molar-refractivity contribution in [3.05, 3.63) is 18.2 Å². The smallest absolute Gasteiger partial charge is 0.258 e. The summed E-state index contributed by atoms with van der Waals surface area (Å²) in [4.78, 5) is 11.0. The van der Waals surface area contributed by atoms with Crippen molar-refractivity contribution in [2.45, 2.75) is 19.4 Å². The van der Waals surface area contributed by atoms with Gasteiger partial charge in [0.1, 0.15) is 11.5 Å². The number of primary amides is 1. The van der Waals surface area contributed by atoms with E-state index in [2.05, 4.69) is 0 Å². The summed E-state index contributed by atoms with van der Waals surface area (Å²) in [6.45, 7) is 1.82. The number of nitrogens with two attached hydrogens (primary N) is 2. The minimum atomic E-state index is -0.631. The number of rotatable bonds is 5. The van der Waals surface area contributed by atoms with E-state index in [1.807, 2.05) is 6.92 Å². The lowest BCUT2D eigenvalue weighted by Gasteiger charge is -2.15. The van der Waals surface area contributed by atoms with E-state index in [4.69, 9.17) is 20.9 Å². The first-order valence-corrected chi connectivity index (χ1v) is 4.98. The number of hydrogen-bond donors (Lipinski definition) is 2. The zero-order valence-corrected chi connectivity index (χ0v) is 9.40. The molecule has 4 N–H and O–H groups in total. The van der Waals surface area contributed by atoms with Crippen molar-refractivity contribution in [1.82, 2.24) is 0 Å². The monoisotopic (exact) mass is 224 g/mol. The minimum Gasteiger partial charge on any atom is -0.494 e. The van der Waals surface area contributed by atoms with Gasteiger partial charge in [-0.2, -0.15) is 0 Å². The van der Waals surface area contributed by atoms with Gasteiger partial charge in [0.05, 0.1) is 12.8 Å². The van der Waals surface area contributed by atoms with Crippen LogP contribution in [0.1, 0.15) is 13.3 Å². The first kappa shape index (κ1) is 12.2. The Kier molecular flexibility index (Phi) is 3.99. The second-order valence-corrected chi connectivity index (χ2v) is 3.32. The summed E-state index contributed by atoms with van der Waals surface area (Å²) in [6, 6.07) is 4.95. The van der Waals surface area contributed by atoms with Gasteiger partial charge in [0.15, 0.2) is 6.10 Å². The number of methoxy groups -OCH3 is 1. The van der Waals surface area contributed by atoms with Crippen molar-refractivity contribution in [3.63, 3.8) is 0 Å². The highest BCUT2D eigenvalue weighted by atomic mass is 16.5. The van der Waals surface area contributed by atoms with Gasteiger partial charge in [0.25, 0.3) is 5.91 Å². The van der Waals surface area contributed by atoms with Crippen molar-refractivity contribution in [2.24, 2.45) is 5.73 Å². The molecule has 1 aromatic rings. The lowest BCUT2D eigenvalue weighted by molar-refractivity contribution is -0.124. The van der Waals surface area contributed by atoms with E-state index in [0.717, 1.165) is 0 Å². The van der Waals surface area contributed by atoms with E-state index in [0.29, 0.717) is 23.6 Å². The molecular formula is C11H16N2O3. The summed E-state index contributed by atoms with van der Waals surface area (Å²) in [5.74, 6) is 0.534. The van der Waals surface area contributed by atoms with Gasteiger partial charge in [-0.15, -0.1) is 0 Å². The fraction of sp³-hybridized carbons (Fsp3) is 0.364. The molecule has 0 radical (unpaired) electrons. The van der Waals surface area contributed by atoms with Crippen LogP contribution in [0, 0.1) is 0 Å². The number of anilines is 1. The molecule has 0 fully saturated rings. The largest absolute Gasteiger partial charge is 0.494 e. The van der Waals surface area contributed by atoms with Gasteiger partial charge in [-0.05, 0) is 18.6 Å². The van der Waals surface area contributed by atoms with Crippen LogP contribution in [-0.4, -0.2) is 19.1 Å². The van der Waals surface area contributed by atoms with Crippen LogP contribution in [-0.2, 0) is 4.79 Å². The zero-order chi connectivity index (χ0) is 12.1. The van der Waals surface area contributed by atoms with Gasteiger partial charge in [-0.3, -0.25) is 4.79 Å². The van der Waals surface area contributed by atoms with Crippen LogP contribution < -0.4 is 20.9 Å². The molecule has 16 heavy (non-hydrogen) atoms. The predicted octanol–water partition coefficient (Wildman–Crippen LogP) is 0.920. The third kappa shape index (κ3) is 2.79. The van der Waals surface area contributed by atoms with Crippen LogP contribution >= 0.6 is 0 Å². The molecule has 1 unspecified atom stereocenters. The van der Waals surface area contributed by atoms with Crippen molar-refractivity contribution in [1.29, 1.82) is 0 Å². The highest BCUT2D eigenvalue weighted by Crippen LogP contribution is 2.27. The maximum atomic E-state index is 11.0. The number of carbonyl (C=O) groups excluding carboxylic acids is 1. The van der Waals surface area contributed by atoms with E-state index < -0.39 is 12.0 Å². The third-order valence-corrected chi connectivity index (χ3v) is 2.17. The normalized spacial score (nSPS) is 11.9. The van der Waals surface area contributed by atoms with Gasteiger partial charge in [-0.25, -0.2) is 0 Å². The number of hydrogen-bond acceptors (Lipinski definition) is 4. The Morgan fingerprint density at radius 2 is 2.19 bits per heavy atom. The Balaban J connectivity index is 2.84. The molecule has 0 bridgehead atoms. The Morgan fingerprint density at radius 1 is 1.50 bits per heavy atom. The van der Waals surface area contributed by atoms with Gasteiger partial charge >= 0.3 is 0 Å². The van der Waals surface area contributed by atoms with Crippen molar-refractivity contribution < 1.29 is 14.3 Å². The maximum Gasteiger partial charge on any atom is 0.258 e. The molecule has 0 aliphatic carbocycles. The first-order valence-electron chi connectivity index (χ1n) is 4.98. The lowest BCUT2D eigenvalue weighted by atomic mass is 10.2. The topological polar surface area (TPSA) is 87.6 Å². The van der Waals surface area contributed by atoms with E-state index in [9.17, 15) is 4.79 Å². The summed E-state index contributed by atoms with van der Waals surface area (Å²) in [6.07, 6.45) is -0.115. The molecule has 0 saturated carbocycles. The fourth-order valence-corrected chi connectivity index (χ4v) is 1.27. The van der Waals surface area contributed by atoms with Crippen LogP contribution in [0.3, 0.4) is 0 Å². The number of amides is 1. The average Bonchev–Trinajstić information content (AvgIpc) is 2.27. The number of nitrogen functional groups attached to an aromatic ring is 1. The summed E-state index contributed by atoms with van der Waals surface area (Å²) in [7, 11) is 1.51. The number of benzene rings is 1. The number of ether oxygens (including phenoxy) is 2. The zero-order valence-electron chi connectivity index (χ0n) is 9.40. The number of carbonyl (C=O) groups is 1. The second kappa shape index (κ2) is 5.25. The summed E-state index contributed by atoms with van der Waals surface area (Å²) in [5, 5.41) is 0. The fourth-order valence-electron chi connectivity index (χ4n) is 1.27. The molecule has 1 aromatic carbocycles. The molecule has 1 rings (SSSR count). The average molecular weight is 224 g/mol. The summed E-state index contributed by atoms with van der Waals surface area (Å²) >= 11 is 0. The van der Waals surface area contributed by atoms with Crippen molar-refractivity contribution in [3.8, 4) is 11.5 Å². The molecule has 0 aromatic heterocycles. The second-order valence-electron chi connectivity index (χ2n) is 3.32. The molecule has 0 aliphatic rings. The van der Waals surface area contributed by atoms with Crippen LogP contribution in [0.15, 0.2) is 18.2 Å². The first-order chi connectivity index (χ1) is 7.58. The Morgan fingerprint density at radius 3 is 2.69 bits per heavy atom. The molecule has 0 saturated heterocycles. The highest BCUT2D eigenvalue weighted by Gasteiger charge is 2.15. The van der Waals surface area contributed by atoms with E-state index >= 15 is 0 Å². The van der Waals surface area contributed by atoms with Crippen LogP contribution in [0.4, 0.5) is 5.69 Å². The molecule has 0 heterocycles. The predicted molar refractivity (Wildman–Crippen MR) is 61.3 cm³/mol. The lowest BCUT2D eigenvalue weighted by Crippen LogP contribution is -2.32. The molecule has 0 aliphatic heterocycles. The summed E-state index contributed by atoms with van der Waals surface area (Å²) < 4.78 is 10.5. The SMILES string of the molecule is CCC(Oc1ccc(N)c(OC)c1)C(N)=O. The third-order valence-electron chi connectivity index (χ3n) is 2.17. The molecular weight excluding hydrogens is 208 g/mol. The molecule has 88 valence electrons. The van der Waals surface area contributed by atoms with Crippen LogP contribution in [0.25, 0.3) is 0 Å². The molecule has 1 atom stereocenters. The quantitative estimate of drug-likeness (QED) is 0.728. The maximum absolute atomic E-state index is 11.0. The van der Waals surface area contributed by atoms with Crippen molar-refractivity contribution >= 4 is 11.6 Å². The minimum absolute atomic E-state index is 0.488. The summed E-state index contributed by atoms with van der Waals surface area (Å²) in [5.41, 5.74) is 11.3. The molecule has 1 amide bonds. The van der Waals surface area contributed by atoms with Crippen LogP contribution in [0.5, 0.6) is 11.5 Å². The van der Waals surface area contributed by atoms with Crippen LogP contribution in [0.2, 0.25) is 0 Å². The van der Waals surface area contributed by atoms with Gasteiger partial charge < -0.3 is 20.9 Å². The van der Waals surface area contributed by atoms with Crippen molar-refractivity contribution in [2.75, 3.05) is 12.8 Å². The molecule has 5 heteroatoms. The molecule has 0 spiro atoms.